The number of nitrogen functional groups attached to an aromatic ring is 1. The zero-order chi connectivity index (χ0) is 11.3. The number of nitrogens with zero attached hydrogens (tertiary/aromatic N) is 1. The van der Waals surface area contributed by atoms with E-state index in [-0.39, 0.29) is 0 Å². The number of nitrogens with two attached hydrogens (primary N) is 1. The zero-order valence-corrected chi connectivity index (χ0v) is 9.06. The SMILES string of the molecule is CCN(CC)OC(=O)c1ccccc1N. The molecule has 0 bridgehead atoms. The summed E-state index contributed by atoms with van der Waals surface area (Å²) in [5.74, 6) is -0.406. The second-order valence-corrected chi connectivity index (χ2v) is 3.08. The fourth-order valence-electron chi connectivity index (χ4n) is 1.20. The van der Waals surface area contributed by atoms with Crippen molar-refractivity contribution in [3.63, 3.8) is 0 Å². The van der Waals surface area contributed by atoms with Crippen LogP contribution in [-0.4, -0.2) is 24.1 Å². The van der Waals surface area contributed by atoms with E-state index >= 15 is 0 Å². The van der Waals surface area contributed by atoms with Gasteiger partial charge in [-0.1, -0.05) is 12.1 Å². The molecule has 0 radical (unpaired) electrons. The molecule has 0 aliphatic heterocycles. The highest BCUT2D eigenvalue weighted by Crippen LogP contribution is 2.12. The van der Waals surface area contributed by atoms with Crippen molar-refractivity contribution in [3.05, 3.63) is 29.8 Å². The topological polar surface area (TPSA) is 55.6 Å². The predicted molar refractivity (Wildman–Crippen MR) is 59.2 cm³/mol. The standard InChI is InChI=1S/C11H16N2O2/c1-3-13(4-2)15-11(14)9-7-5-6-8-10(9)12/h5-8H,3-4,12H2,1-2H3. The third-order valence-corrected chi connectivity index (χ3v) is 2.10. The molecule has 0 fully saturated rings. The van der Waals surface area contributed by atoms with Crippen molar-refractivity contribution in [3.8, 4) is 0 Å². The van der Waals surface area contributed by atoms with Gasteiger partial charge in [-0.2, -0.15) is 0 Å². The summed E-state index contributed by atoms with van der Waals surface area (Å²) in [7, 11) is 0. The third-order valence-electron chi connectivity index (χ3n) is 2.10. The zero-order valence-electron chi connectivity index (χ0n) is 9.06. The lowest BCUT2D eigenvalue weighted by molar-refractivity contribution is -0.103. The smallest absolute Gasteiger partial charge is 0.359 e. The Hall–Kier alpha value is -1.55. The van der Waals surface area contributed by atoms with Gasteiger partial charge in [0.2, 0.25) is 0 Å². The molecule has 1 rings (SSSR count). The summed E-state index contributed by atoms with van der Waals surface area (Å²) in [4.78, 5) is 16.8. The molecule has 1 aromatic rings. The number of rotatable bonds is 4. The molecule has 0 atom stereocenters. The molecule has 15 heavy (non-hydrogen) atoms. The van der Waals surface area contributed by atoms with E-state index in [1.807, 2.05) is 13.8 Å². The van der Waals surface area contributed by atoms with Crippen LogP contribution in [0, 0.1) is 0 Å². The maximum atomic E-state index is 11.6. The summed E-state index contributed by atoms with van der Waals surface area (Å²) < 4.78 is 0. The van der Waals surface area contributed by atoms with Gasteiger partial charge in [-0.3, -0.25) is 0 Å². The van der Waals surface area contributed by atoms with Crippen molar-refractivity contribution < 1.29 is 9.63 Å². The lowest BCUT2D eigenvalue weighted by Gasteiger charge is -2.17. The van der Waals surface area contributed by atoms with Crippen molar-refractivity contribution in [2.45, 2.75) is 13.8 Å². The summed E-state index contributed by atoms with van der Waals surface area (Å²) in [6.07, 6.45) is 0. The van der Waals surface area contributed by atoms with Gasteiger partial charge in [0.15, 0.2) is 0 Å². The summed E-state index contributed by atoms with van der Waals surface area (Å²) in [6, 6.07) is 6.87. The first kappa shape index (κ1) is 11.5. The second-order valence-electron chi connectivity index (χ2n) is 3.08. The first-order chi connectivity index (χ1) is 7.19. The Labute approximate surface area is 89.6 Å². The van der Waals surface area contributed by atoms with E-state index < -0.39 is 5.97 Å². The van der Waals surface area contributed by atoms with Gasteiger partial charge in [0.05, 0.1) is 5.56 Å². The molecule has 0 spiro atoms. The molecule has 4 heteroatoms. The van der Waals surface area contributed by atoms with E-state index in [2.05, 4.69) is 0 Å². The maximum absolute atomic E-state index is 11.6. The normalized spacial score (nSPS) is 10.3. The van der Waals surface area contributed by atoms with E-state index in [0.29, 0.717) is 24.3 Å². The van der Waals surface area contributed by atoms with Gasteiger partial charge in [0, 0.05) is 18.8 Å². The van der Waals surface area contributed by atoms with Gasteiger partial charge >= 0.3 is 5.97 Å². The van der Waals surface area contributed by atoms with E-state index in [0.717, 1.165) is 0 Å². The maximum Gasteiger partial charge on any atom is 0.359 e. The first-order valence-corrected chi connectivity index (χ1v) is 5.00. The minimum Gasteiger partial charge on any atom is -0.398 e. The van der Waals surface area contributed by atoms with Crippen LogP contribution in [0.5, 0.6) is 0 Å². The van der Waals surface area contributed by atoms with Crippen LogP contribution in [0.3, 0.4) is 0 Å². The van der Waals surface area contributed by atoms with Crippen LogP contribution in [-0.2, 0) is 4.84 Å². The van der Waals surface area contributed by atoms with Gasteiger partial charge in [-0.25, -0.2) is 4.79 Å². The monoisotopic (exact) mass is 208 g/mol. The molecular weight excluding hydrogens is 192 g/mol. The van der Waals surface area contributed by atoms with Crippen molar-refractivity contribution >= 4 is 11.7 Å². The molecule has 1 aromatic carbocycles. The summed E-state index contributed by atoms with van der Waals surface area (Å²) in [5.41, 5.74) is 6.51. The molecule has 0 heterocycles. The molecule has 4 nitrogen and oxygen atoms in total. The van der Waals surface area contributed by atoms with E-state index in [4.69, 9.17) is 10.6 Å². The number of carbonyl (C=O) groups is 1. The third kappa shape index (κ3) is 2.95. The van der Waals surface area contributed by atoms with Gasteiger partial charge in [0.1, 0.15) is 0 Å². The Bertz CT molecular complexity index is 335. The van der Waals surface area contributed by atoms with Crippen LogP contribution in [0.4, 0.5) is 5.69 Å². The van der Waals surface area contributed by atoms with Gasteiger partial charge in [-0.05, 0) is 26.0 Å². The minimum absolute atomic E-state index is 0.406. The van der Waals surface area contributed by atoms with E-state index in [9.17, 15) is 4.79 Å². The van der Waals surface area contributed by atoms with Crippen molar-refractivity contribution in [1.82, 2.24) is 5.06 Å². The summed E-state index contributed by atoms with van der Waals surface area (Å²) >= 11 is 0. The Morgan fingerprint density at radius 3 is 2.47 bits per heavy atom. The number of hydrogen-bond acceptors (Lipinski definition) is 4. The predicted octanol–water partition coefficient (Wildman–Crippen LogP) is 1.68. The largest absolute Gasteiger partial charge is 0.398 e. The Morgan fingerprint density at radius 1 is 1.33 bits per heavy atom. The Morgan fingerprint density at radius 2 is 1.93 bits per heavy atom. The average Bonchev–Trinajstić information content (AvgIpc) is 2.26. The molecule has 0 aliphatic carbocycles. The summed E-state index contributed by atoms with van der Waals surface area (Å²) in [6.45, 7) is 5.17. The highest BCUT2D eigenvalue weighted by molar-refractivity contribution is 5.94. The second kappa shape index (κ2) is 5.36. The van der Waals surface area contributed by atoms with Crippen LogP contribution >= 0.6 is 0 Å². The van der Waals surface area contributed by atoms with E-state index in [1.54, 1.807) is 29.3 Å². The molecule has 0 unspecified atom stereocenters. The lowest BCUT2D eigenvalue weighted by Crippen LogP contribution is -2.27. The molecule has 82 valence electrons. The average molecular weight is 208 g/mol. The minimum atomic E-state index is -0.406. The van der Waals surface area contributed by atoms with Crippen LogP contribution in [0.2, 0.25) is 0 Å². The number of para-hydroxylation sites is 1. The number of hydroxylamine groups is 2. The van der Waals surface area contributed by atoms with Crippen LogP contribution in [0.1, 0.15) is 24.2 Å². The van der Waals surface area contributed by atoms with Gasteiger partial charge in [-0.15, -0.1) is 5.06 Å². The van der Waals surface area contributed by atoms with E-state index in [1.165, 1.54) is 0 Å². The lowest BCUT2D eigenvalue weighted by atomic mass is 10.2. The molecule has 0 saturated heterocycles. The van der Waals surface area contributed by atoms with Crippen LogP contribution < -0.4 is 5.73 Å². The molecular formula is C11H16N2O2. The van der Waals surface area contributed by atoms with Crippen LogP contribution in [0.25, 0.3) is 0 Å². The summed E-state index contributed by atoms with van der Waals surface area (Å²) in [5, 5.41) is 1.58. The van der Waals surface area contributed by atoms with Gasteiger partial charge < -0.3 is 10.6 Å². The molecule has 2 N–H and O–H groups in total. The highest BCUT2D eigenvalue weighted by atomic mass is 16.7. The molecule has 0 saturated carbocycles. The van der Waals surface area contributed by atoms with Crippen molar-refractivity contribution in [1.29, 1.82) is 0 Å². The van der Waals surface area contributed by atoms with Crippen molar-refractivity contribution in [2.24, 2.45) is 0 Å². The fourth-order valence-corrected chi connectivity index (χ4v) is 1.20. The molecule has 0 aliphatic rings. The Kier molecular flexibility index (Phi) is 4.12. The number of carbonyl (C=O) groups excluding carboxylic acids is 1. The molecule has 0 amide bonds. The van der Waals surface area contributed by atoms with Gasteiger partial charge in [0.25, 0.3) is 0 Å². The highest BCUT2D eigenvalue weighted by Gasteiger charge is 2.13. The quantitative estimate of drug-likeness (QED) is 0.604. The first-order valence-electron chi connectivity index (χ1n) is 5.00. The Balaban J connectivity index is 2.73. The number of hydrogen-bond donors (Lipinski definition) is 1. The van der Waals surface area contributed by atoms with Crippen LogP contribution in [0.15, 0.2) is 24.3 Å². The molecule has 0 aromatic heterocycles. The number of anilines is 1. The fraction of sp³-hybridized carbons (Fsp3) is 0.364. The number of benzene rings is 1. The van der Waals surface area contributed by atoms with Crippen molar-refractivity contribution in [2.75, 3.05) is 18.8 Å².